The van der Waals surface area contributed by atoms with E-state index in [0.717, 1.165) is 12.8 Å². The van der Waals surface area contributed by atoms with Crippen LogP contribution in [0.15, 0.2) is 0 Å². The van der Waals surface area contributed by atoms with Crippen LogP contribution in [0.5, 0.6) is 0 Å². The number of amides is 3. The highest BCUT2D eigenvalue weighted by atomic mass is 16.4. The van der Waals surface area contributed by atoms with E-state index in [4.69, 9.17) is 0 Å². The predicted octanol–water partition coefficient (Wildman–Crippen LogP) is 0.407. The molecule has 0 heterocycles. The SMILES string of the molecule is CC1CCCC(NC(=O)NCC(=O)N(C)C)(C(=O)O)C1. The lowest BCUT2D eigenvalue weighted by Gasteiger charge is -2.36. The zero-order chi connectivity index (χ0) is 15.3. The third kappa shape index (κ3) is 4.11. The number of carboxylic acid groups (broad SMARTS) is 1. The quantitative estimate of drug-likeness (QED) is 0.696. The van der Waals surface area contributed by atoms with Gasteiger partial charge in [0.2, 0.25) is 5.91 Å². The summed E-state index contributed by atoms with van der Waals surface area (Å²) in [5.74, 6) is -1.01. The molecule has 0 spiro atoms. The Kier molecular flexibility index (Phi) is 5.35. The van der Waals surface area contributed by atoms with Gasteiger partial charge in [0.05, 0.1) is 6.54 Å². The van der Waals surface area contributed by atoms with Gasteiger partial charge in [0.25, 0.3) is 0 Å². The normalized spacial score (nSPS) is 25.6. The fourth-order valence-electron chi connectivity index (χ4n) is 2.49. The zero-order valence-electron chi connectivity index (χ0n) is 12.2. The van der Waals surface area contributed by atoms with Gasteiger partial charge in [0, 0.05) is 14.1 Å². The molecule has 7 nitrogen and oxygen atoms in total. The number of rotatable bonds is 4. The van der Waals surface area contributed by atoms with E-state index in [0.29, 0.717) is 12.8 Å². The molecule has 1 fully saturated rings. The van der Waals surface area contributed by atoms with Crippen LogP contribution in [0.3, 0.4) is 0 Å². The highest BCUT2D eigenvalue weighted by Crippen LogP contribution is 2.32. The smallest absolute Gasteiger partial charge is 0.329 e. The van der Waals surface area contributed by atoms with Crippen LogP contribution in [0.1, 0.15) is 32.6 Å². The van der Waals surface area contributed by atoms with Gasteiger partial charge in [-0.15, -0.1) is 0 Å². The second-order valence-electron chi connectivity index (χ2n) is 5.68. The summed E-state index contributed by atoms with van der Waals surface area (Å²) in [6.07, 6.45) is 2.57. The first kappa shape index (κ1) is 16.3. The van der Waals surface area contributed by atoms with Gasteiger partial charge in [-0.1, -0.05) is 19.8 Å². The number of carbonyl (C=O) groups is 3. The molecular formula is C13H23N3O4. The van der Waals surface area contributed by atoms with Crippen LogP contribution in [-0.2, 0) is 9.59 Å². The summed E-state index contributed by atoms with van der Waals surface area (Å²) in [5.41, 5.74) is -1.22. The molecule has 3 amide bonds. The van der Waals surface area contributed by atoms with E-state index in [1.54, 1.807) is 14.1 Å². The minimum absolute atomic E-state index is 0.149. The van der Waals surface area contributed by atoms with Crippen LogP contribution in [0.4, 0.5) is 4.79 Å². The van der Waals surface area contributed by atoms with Crippen LogP contribution in [0.25, 0.3) is 0 Å². The number of carbonyl (C=O) groups excluding carboxylic acids is 2. The number of carboxylic acids is 1. The third-order valence-corrected chi connectivity index (χ3v) is 3.66. The van der Waals surface area contributed by atoms with Gasteiger partial charge in [-0.2, -0.15) is 0 Å². The standard InChI is InChI=1S/C13H23N3O4/c1-9-5-4-6-13(7-9,11(18)19)15-12(20)14-8-10(17)16(2)3/h9H,4-8H2,1-3H3,(H,18,19)(H2,14,15,20). The van der Waals surface area contributed by atoms with E-state index >= 15 is 0 Å². The molecule has 1 saturated carbocycles. The van der Waals surface area contributed by atoms with Gasteiger partial charge >= 0.3 is 12.0 Å². The summed E-state index contributed by atoms with van der Waals surface area (Å²) in [7, 11) is 3.17. The minimum atomic E-state index is -1.22. The summed E-state index contributed by atoms with van der Waals surface area (Å²) in [5, 5.41) is 14.3. The van der Waals surface area contributed by atoms with E-state index < -0.39 is 17.5 Å². The van der Waals surface area contributed by atoms with Crippen LogP contribution in [0, 0.1) is 5.92 Å². The first-order valence-corrected chi connectivity index (χ1v) is 6.76. The number of urea groups is 1. The van der Waals surface area contributed by atoms with Crippen molar-refractivity contribution in [2.75, 3.05) is 20.6 Å². The predicted molar refractivity (Wildman–Crippen MR) is 73.2 cm³/mol. The molecule has 2 atom stereocenters. The van der Waals surface area contributed by atoms with Crippen molar-refractivity contribution < 1.29 is 19.5 Å². The van der Waals surface area contributed by atoms with E-state index in [2.05, 4.69) is 10.6 Å². The van der Waals surface area contributed by atoms with E-state index in [1.165, 1.54) is 4.90 Å². The van der Waals surface area contributed by atoms with Crippen molar-refractivity contribution in [1.82, 2.24) is 15.5 Å². The van der Waals surface area contributed by atoms with Crippen LogP contribution >= 0.6 is 0 Å². The van der Waals surface area contributed by atoms with Gasteiger partial charge in [0.1, 0.15) is 5.54 Å². The topological polar surface area (TPSA) is 98.7 Å². The van der Waals surface area contributed by atoms with Crippen LogP contribution < -0.4 is 10.6 Å². The molecule has 0 radical (unpaired) electrons. The van der Waals surface area contributed by atoms with Crippen molar-refractivity contribution in [3.05, 3.63) is 0 Å². The Morgan fingerprint density at radius 2 is 2.00 bits per heavy atom. The summed E-state index contributed by atoms with van der Waals surface area (Å²) in [6.45, 7) is 1.83. The first-order valence-electron chi connectivity index (χ1n) is 6.76. The fourth-order valence-corrected chi connectivity index (χ4v) is 2.49. The number of nitrogens with one attached hydrogen (secondary N) is 2. The van der Waals surface area contributed by atoms with Crippen molar-refractivity contribution in [1.29, 1.82) is 0 Å². The molecule has 2 unspecified atom stereocenters. The Morgan fingerprint density at radius 3 is 2.50 bits per heavy atom. The van der Waals surface area contributed by atoms with E-state index in [-0.39, 0.29) is 18.4 Å². The monoisotopic (exact) mass is 285 g/mol. The Morgan fingerprint density at radius 1 is 1.35 bits per heavy atom. The molecule has 3 N–H and O–H groups in total. The second-order valence-corrected chi connectivity index (χ2v) is 5.68. The molecule has 7 heteroatoms. The van der Waals surface area contributed by atoms with E-state index in [9.17, 15) is 19.5 Å². The molecule has 0 aliphatic heterocycles. The summed E-state index contributed by atoms with van der Waals surface area (Å²) < 4.78 is 0. The molecule has 114 valence electrons. The number of likely N-dealkylation sites (N-methyl/N-ethyl adjacent to an activating group) is 1. The molecule has 0 aromatic rings. The lowest BCUT2D eigenvalue weighted by atomic mass is 9.76. The number of nitrogens with zero attached hydrogens (tertiary/aromatic N) is 1. The average Bonchev–Trinajstić information content (AvgIpc) is 2.35. The first-order chi connectivity index (χ1) is 9.27. The fraction of sp³-hybridized carbons (Fsp3) is 0.769. The molecule has 0 aromatic heterocycles. The number of hydrogen-bond acceptors (Lipinski definition) is 3. The minimum Gasteiger partial charge on any atom is -0.480 e. The van der Waals surface area contributed by atoms with Gasteiger partial charge in [-0.25, -0.2) is 9.59 Å². The Bertz CT molecular complexity index is 397. The Balaban J connectivity index is 2.60. The average molecular weight is 285 g/mol. The van der Waals surface area contributed by atoms with Crippen molar-refractivity contribution in [3.63, 3.8) is 0 Å². The highest BCUT2D eigenvalue weighted by Gasteiger charge is 2.43. The van der Waals surface area contributed by atoms with E-state index in [1.807, 2.05) is 6.92 Å². The van der Waals surface area contributed by atoms with Crippen molar-refractivity contribution >= 4 is 17.9 Å². The largest absolute Gasteiger partial charge is 0.480 e. The van der Waals surface area contributed by atoms with Crippen LogP contribution in [0.2, 0.25) is 0 Å². The maximum Gasteiger partial charge on any atom is 0.329 e. The molecule has 0 saturated heterocycles. The number of hydrogen-bond donors (Lipinski definition) is 3. The van der Waals surface area contributed by atoms with Gasteiger partial charge < -0.3 is 20.6 Å². The molecular weight excluding hydrogens is 262 g/mol. The summed E-state index contributed by atoms with van der Waals surface area (Å²) >= 11 is 0. The molecule has 1 aliphatic rings. The molecule has 0 aromatic carbocycles. The summed E-state index contributed by atoms with van der Waals surface area (Å²) in [4.78, 5) is 36.0. The van der Waals surface area contributed by atoms with Crippen molar-refractivity contribution in [3.8, 4) is 0 Å². The third-order valence-electron chi connectivity index (χ3n) is 3.66. The lowest BCUT2D eigenvalue weighted by molar-refractivity contribution is -0.146. The maximum atomic E-state index is 11.8. The molecule has 1 aliphatic carbocycles. The molecule has 0 bridgehead atoms. The van der Waals surface area contributed by atoms with Crippen LogP contribution in [-0.4, -0.2) is 54.1 Å². The number of aliphatic carboxylic acids is 1. The Hall–Kier alpha value is -1.79. The highest BCUT2D eigenvalue weighted by molar-refractivity contribution is 5.88. The summed E-state index contributed by atoms with van der Waals surface area (Å²) in [6, 6.07) is -0.614. The second kappa shape index (κ2) is 6.58. The van der Waals surface area contributed by atoms with Gasteiger partial charge in [0.15, 0.2) is 0 Å². The molecule has 20 heavy (non-hydrogen) atoms. The zero-order valence-corrected chi connectivity index (χ0v) is 12.2. The van der Waals surface area contributed by atoms with Gasteiger partial charge in [-0.3, -0.25) is 4.79 Å². The maximum absolute atomic E-state index is 11.8. The van der Waals surface area contributed by atoms with Crippen molar-refractivity contribution in [2.45, 2.75) is 38.1 Å². The van der Waals surface area contributed by atoms with Gasteiger partial charge in [-0.05, 0) is 18.8 Å². The lowest BCUT2D eigenvalue weighted by Crippen LogP contribution is -2.59. The van der Waals surface area contributed by atoms with Crippen molar-refractivity contribution in [2.24, 2.45) is 5.92 Å². The Labute approximate surface area is 118 Å². The molecule has 1 rings (SSSR count).